The molecule has 3 aromatic rings. The summed E-state index contributed by atoms with van der Waals surface area (Å²) in [6.45, 7) is 1.91. The first-order valence-electron chi connectivity index (χ1n) is 9.05. The van der Waals surface area contributed by atoms with Gasteiger partial charge in [0.1, 0.15) is 5.69 Å². The van der Waals surface area contributed by atoms with Gasteiger partial charge in [-0.1, -0.05) is 24.3 Å². The largest absolute Gasteiger partial charge is 0.336 e. The van der Waals surface area contributed by atoms with Crippen LogP contribution in [0.3, 0.4) is 0 Å². The fraction of sp³-hybridized carbons (Fsp3) is 0.190. The minimum Gasteiger partial charge on any atom is -0.336 e. The van der Waals surface area contributed by atoms with Crippen molar-refractivity contribution < 1.29 is 9.72 Å². The van der Waals surface area contributed by atoms with Gasteiger partial charge in [-0.05, 0) is 36.9 Å². The summed E-state index contributed by atoms with van der Waals surface area (Å²) in [6, 6.07) is 15.1. The van der Waals surface area contributed by atoms with Crippen LogP contribution in [0.25, 0.3) is 5.69 Å². The molecule has 0 atom stereocenters. The number of aromatic nitrogens is 2. The van der Waals surface area contributed by atoms with E-state index in [0.29, 0.717) is 12.2 Å². The first-order chi connectivity index (χ1) is 14.3. The van der Waals surface area contributed by atoms with Crippen LogP contribution in [0.15, 0.2) is 64.3 Å². The number of amides is 1. The molecule has 0 aliphatic heterocycles. The van der Waals surface area contributed by atoms with Gasteiger partial charge in [-0.3, -0.25) is 19.7 Å². The SMILES string of the molecule is CSc1ccc(CN(C)C(=O)c2nn(-c3ccccc3[N+](=O)[O-])c(C)cc2=O)cc1. The number of benzene rings is 2. The number of hydrogen-bond donors (Lipinski definition) is 0. The van der Waals surface area contributed by atoms with Crippen molar-refractivity contribution in [2.24, 2.45) is 0 Å². The van der Waals surface area contributed by atoms with Crippen molar-refractivity contribution in [1.29, 1.82) is 0 Å². The van der Waals surface area contributed by atoms with Crippen LogP contribution in [0.4, 0.5) is 5.69 Å². The Morgan fingerprint density at radius 2 is 1.87 bits per heavy atom. The Kier molecular flexibility index (Phi) is 6.31. The fourth-order valence-corrected chi connectivity index (χ4v) is 3.40. The summed E-state index contributed by atoms with van der Waals surface area (Å²) in [5.41, 5.74) is 0.497. The molecule has 1 aromatic heterocycles. The highest BCUT2D eigenvalue weighted by Crippen LogP contribution is 2.22. The topological polar surface area (TPSA) is 98.3 Å². The molecule has 1 amide bonds. The van der Waals surface area contributed by atoms with Crippen LogP contribution >= 0.6 is 11.8 Å². The van der Waals surface area contributed by atoms with Gasteiger partial charge in [-0.15, -0.1) is 11.8 Å². The second kappa shape index (κ2) is 8.91. The van der Waals surface area contributed by atoms with Crippen molar-refractivity contribution in [3.05, 3.63) is 91.9 Å². The quantitative estimate of drug-likeness (QED) is 0.341. The maximum atomic E-state index is 12.9. The van der Waals surface area contributed by atoms with Gasteiger partial charge in [0.2, 0.25) is 5.43 Å². The molecular weight excluding hydrogens is 404 g/mol. The summed E-state index contributed by atoms with van der Waals surface area (Å²) < 4.78 is 1.26. The van der Waals surface area contributed by atoms with Crippen LogP contribution in [0.5, 0.6) is 0 Å². The molecule has 0 N–H and O–H groups in total. The van der Waals surface area contributed by atoms with Crippen LogP contribution in [-0.2, 0) is 6.54 Å². The van der Waals surface area contributed by atoms with Crippen LogP contribution in [0.2, 0.25) is 0 Å². The van der Waals surface area contributed by atoms with E-state index >= 15 is 0 Å². The van der Waals surface area contributed by atoms with Crippen LogP contribution in [0.1, 0.15) is 21.7 Å². The fourth-order valence-electron chi connectivity index (χ4n) is 2.99. The molecule has 9 heteroatoms. The van der Waals surface area contributed by atoms with Gasteiger partial charge < -0.3 is 4.90 Å². The lowest BCUT2D eigenvalue weighted by Gasteiger charge is -2.18. The average molecular weight is 424 g/mol. The Labute approximate surface area is 177 Å². The number of rotatable bonds is 6. The van der Waals surface area contributed by atoms with Gasteiger partial charge in [0.15, 0.2) is 5.69 Å². The second-order valence-electron chi connectivity index (χ2n) is 6.67. The van der Waals surface area contributed by atoms with E-state index in [2.05, 4.69) is 5.10 Å². The zero-order valence-electron chi connectivity index (χ0n) is 16.7. The van der Waals surface area contributed by atoms with E-state index < -0.39 is 16.3 Å². The molecule has 8 nitrogen and oxygen atoms in total. The summed E-state index contributed by atoms with van der Waals surface area (Å²) in [5, 5.41) is 15.6. The molecule has 0 saturated heterocycles. The highest BCUT2D eigenvalue weighted by atomic mass is 32.2. The highest BCUT2D eigenvalue weighted by Gasteiger charge is 2.22. The third-order valence-electron chi connectivity index (χ3n) is 4.54. The van der Waals surface area contributed by atoms with Gasteiger partial charge in [0.05, 0.1) is 4.92 Å². The number of thioether (sulfide) groups is 1. The summed E-state index contributed by atoms with van der Waals surface area (Å²) >= 11 is 1.62. The smallest absolute Gasteiger partial charge is 0.294 e. The molecule has 1 heterocycles. The van der Waals surface area contributed by atoms with E-state index in [-0.39, 0.29) is 17.1 Å². The van der Waals surface area contributed by atoms with Gasteiger partial charge in [0.25, 0.3) is 11.6 Å². The predicted octanol–water partition coefficient (Wildman–Crippen LogP) is 3.44. The Morgan fingerprint density at radius 1 is 1.20 bits per heavy atom. The first-order valence-corrected chi connectivity index (χ1v) is 10.3. The standard InChI is InChI=1S/C21H20N4O4S/c1-14-12-19(26)20(22-24(14)17-6-4-5-7-18(17)25(28)29)21(27)23(2)13-15-8-10-16(30-3)11-9-15/h4-12H,13H2,1-3H3. The van der Waals surface area contributed by atoms with E-state index in [1.807, 2.05) is 30.5 Å². The summed E-state index contributed by atoms with van der Waals surface area (Å²) in [7, 11) is 1.58. The Bertz CT molecular complexity index is 1160. The minimum atomic E-state index is -0.554. The van der Waals surface area contributed by atoms with Crippen LogP contribution < -0.4 is 5.43 Å². The van der Waals surface area contributed by atoms with E-state index in [1.54, 1.807) is 37.9 Å². The van der Waals surface area contributed by atoms with E-state index in [1.165, 1.54) is 27.8 Å². The number of nitro groups is 1. The summed E-state index contributed by atoms with van der Waals surface area (Å²) in [6.07, 6.45) is 1.98. The normalized spacial score (nSPS) is 10.6. The van der Waals surface area contributed by atoms with Gasteiger partial charge in [-0.25, -0.2) is 4.68 Å². The molecule has 0 radical (unpaired) electrons. The van der Waals surface area contributed by atoms with Crippen molar-refractivity contribution in [2.75, 3.05) is 13.3 Å². The number of hydrogen-bond acceptors (Lipinski definition) is 6. The number of carbonyl (C=O) groups is 1. The van der Waals surface area contributed by atoms with Crippen molar-refractivity contribution in [3.63, 3.8) is 0 Å². The number of nitrogens with zero attached hydrogens (tertiary/aromatic N) is 4. The van der Waals surface area contributed by atoms with Gasteiger partial charge in [0, 0.05) is 36.3 Å². The molecule has 0 unspecified atom stereocenters. The molecule has 0 aliphatic rings. The lowest BCUT2D eigenvalue weighted by molar-refractivity contribution is -0.384. The maximum Gasteiger partial charge on any atom is 0.294 e. The number of nitro benzene ring substituents is 1. The minimum absolute atomic E-state index is 0.169. The molecule has 3 rings (SSSR count). The molecule has 0 bridgehead atoms. The van der Waals surface area contributed by atoms with Gasteiger partial charge >= 0.3 is 0 Å². The molecular formula is C21H20N4O4S. The van der Waals surface area contributed by atoms with Crippen molar-refractivity contribution in [2.45, 2.75) is 18.4 Å². The van der Waals surface area contributed by atoms with Crippen molar-refractivity contribution in [1.82, 2.24) is 14.7 Å². The Hall–Kier alpha value is -3.46. The van der Waals surface area contributed by atoms with Crippen LogP contribution in [-0.4, -0.2) is 38.8 Å². The number of aryl methyl sites for hydroxylation is 1. The number of para-hydroxylation sites is 2. The molecule has 0 fully saturated rings. The second-order valence-corrected chi connectivity index (χ2v) is 7.55. The Morgan fingerprint density at radius 3 is 2.50 bits per heavy atom. The third kappa shape index (κ3) is 4.41. The highest BCUT2D eigenvalue weighted by molar-refractivity contribution is 7.98. The van der Waals surface area contributed by atoms with E-state index in [4.69, 9.17) is 0 Å². The zero-order chi connectivity index (χ0) is 21.8. The van der Waals surface area contributed by atoms with Crippen molar-refractivity contribution >= 4 is 23.4 Å². The van der Waals surface area contributed by atoms with Crippen molar-refractivity contribution in [3.8, 4) is 5.69 Å². The molecule has 0 aliphatic carbocycles. The summed E-state index contributed by atoms with van der Waals surface area (Å²) in [4.78, 5) is 38.7. The predicted molar refractivity (Wildman–Crippen MR) is 115 cm³/mol. The molecule has 154 valence electrons. The average Bonchev–Trinajstić information content (AvgIpc) is 2.74. The third-order valence-corrected chi connectivity index (χ3v) is 5.29. The summed E-state index contributed by atoms with van der Waals surface area (Å²) in [5.74, 6) is -0.554. The Balaban J connectivity index is 1.96. The lowest BCUT2D eigenvalue weighted by Crippen LogP contribution is -2.33. The van der Waals surface area contributed by atoms with Gasteiger partial charge in [-0.2, -0.15) is 5.10 Å². The van der Waals surface area contributed by atoms with E-state index in [9.17, 15) is 19.7 Å². The van der Waals surface area contributed by atoms with Crippen LogP contribution in [0, 0.1) is 17.0 Å². The lowest BCUT2D eigenvalue weighted by atomic mass is 10.2. The zero-order valence-corrected chi connectivity index (χ0v) is 17.5. The maximum absolute atomic E-state index is 12.9. The molecule has 2 aromatic carbocycles. The molecule has 0 saturated carbocycles. The molecule has 30 heavy (non-hydrogen) atoms. The first kappa shape index (κ1) is 21.3. The monoisotopic (exact) mass is 424 g/mol. The number of carbonyl (C=O) groups excluding carboxylic acids is 1. The van der Waals surface area contributed by atoms with E-state index in [0.717, 1.165) is 10.5 Å². The molecule has 0 spiro atoms.